The fraction of sp³-hybridized carbons (Fsp3) is 0.429. The standard InChI is InChI=1S/C21H24O2/c22-19-11-5-10-18(21(19)23)20-16-8-3-1-6-14(16)12-13-15-7-2-4-9-17(15)20/h1-4,6-9,18-23H,5,10-13H2/t18-,19+,21-/m1/s1. The van der Waals surface area contributed by atoms with E-state index in [4.69, 9.17) is 0 Å². The van der Waals surface area contributed by atoms with Gasteiger partial charge in [-0.1, -0.05) is 55.0 Å². The largest absolute Gasteiger partial charge is 0.390 e. The van der Waals surface area contributed by atoms with Crippen LogP contribution in [0, 0.1) is 5.92 Å². The topological polar surface area (TPSA) is 40.5 Å². The van der Waals surface area contributed by atoms with Gasteiger partial charge < -0.3 is 10.2 Å². The molecular weight excluding hydrogens is 284 g/mol. The van der Waals surface area contributed by atoms with E-state index in [1.54, 1.807) is 0 Å². The SMILES string of the molecule is O[C@@H]1[C@@H](C2c3ccccc3CCc3ccccc32)CCC[C@@H]1O. The first kappa shape index (κ1) is 14.9. The van der Waals surface area contributed by atoms with Gasteiger partial charge in [0.1, 0.15) is 0 Å². The van der Waals surface area contributed by atoms with Gasteiger partial charge in [-0.2, -0.15) is 0 Å². The van der Waals surface area contributed by atoms with E-state index in [1.165, 1.54) is 22.3 Å². The molecule has 0 heterocycles. The number of benzene rings is 2. The first-order valence-electron chi connectivity index (χ1n) is 8.77. The van der Waals surface area contributed by atoms with E-state index in [0.29, 0.717) is 6.42 Å². The quantitative estimate of drug-likeness (QED) is 0.847. The van der Waals surface area contributed by atoms with Gasteiger partial charge in [0, 0.05) is 5.92 Å². The molecule has 3 atom stereocenters. The van der Waals surface area contributed by atoms with Crippen molar-refractivity contribution in [2.45, 2.75) is 50.2 Å². The van der Waals surface area contributed by atoms with Crippen LogP contribution in [0.1, 0.15) is 47.4 Å². The van der Waals surface area contributed by atoms with Crippen molar-refractivity contribution < 1.29 is 10.2 Å². The van der Waals surface area contributed by atoms with E-state index in [2.05, 4.69) is 48.5 Å². The summed E-state index contributed by atoms with van der Waals surface area (Å²) in [6, 6.07) is 17.3. The van der Waals surface area contributed by atoms with Crippen LogP contribution in [0.4, 0.5) is 0 Å². The molecule has 2 aliphatic rings. The highest BCUT2D eigenvalue weighted by molar-refractivity contribution is 5.45. The van der Waals surface area contributed by atoms with Crippen LogP contribution < -0.4 is 0 Å². The number of aryl methyl sites for hydroxylation is 2. The molecule has 1 fully saturated rings. The summed E-state index contributed by atoms with van der Waals surface area (Å²) >= 11 is 0. The Morgan fingerprint density at radius 3 is 1.91 bits per heavy atom. The molecule has 0 amide bonds. The van der Waals surface area contributed by atoms with Crippen molar-refractivity contribution in [3.8, 4) is 0 Å². The number of aliphatic hydroxyl groups is 2. The molecule has 2 aromatic carbocycles. The highest BCUT2D eigenvalue weighted by atomic mass is 16.3. The normalized spacial score (nSPS) is 27.8. The number of aliphatic hydroxyl groups excluding tert-OH is 2. The molecule has 0 aliphatic heterocycles. The molecule has 0 saturated heterocycles. The lowest BCUT2D eigenvalue weighted by Gasteiger charge is -2.38. The van der Waals surface area contributed by atoms with Crippen LogP contribution >= 0.6 is 0 Å². The molecule has 0 spiro atoms. The number of hydrogen-bond acceptors (Lipinski definition) is 2. The molecule has 120 valence electrons. The van der Waals surface area contributed by atoms with E-state index < -0.39 is 12.2 Å². The van der Waals surface area contributed by atoms with Gasteiger partial charge >= 0.3 is 0 Å². The fourth-order valence-electron chi connectivity index (χ4n) is 4.58. The maximum absolute atomic E-state index is 10.7. The molecule has 2 N–H and O–H groups in total. The van der Waals surface area contributed by atoms with Gasteiger partial charge in [-0.15, -0.1) is 0 Å². The first-order valence-corrected chi connectivity index (χ1v) is 8.77. The summed E-state index contributed by atoms with van der Waals surface area (Å²) in [5.74, 6) is 0.286. The van der Waals surface area contributed by atoms with E-state index in [9.17, 15) is 10.2 Å². The Balaban J connectivity index is 1.86. The van der Waals surface area contributed by atoms with Crippen LogP contribution in [-0.4, -0.2) is 22.4 Å². The van der Waals surface area contributed by atoms with Gasteiger partial charge in [-0.25, -0.2) is 0 Å². The van der Waals surface area contributed by atoms with Crippen LogP contribution in [0.5, 0.6) is 0 Å². The van der Waals surface area contributed by atoms with Crippen LogP contribution in [0.15, 0.2) is 48.5 Å². The van der Waals surface area contributed by atoms with E-state index >= 15 is 0 Å². The molecule has 0 aromatic heterocycles. The molecule has 0 radical (unpaired) electrons. The third-order valence-electron chi connectivity index (χ3n) is 5.74. The highest BCUT2D eigenvalue weighted by Gasteiger charge is 2.39. The van der Waals surface area contributed by atoms with E-state index in [-0.39, 0.29) is 11.8 Å². The molecule has 23 heavy (non-hydrogen) atoms. The molecule has 1 saturated carbocycles. The van der Waals surface area contributed by atoms with Gasteiger partial charge in [-0.05, 0) is 53.9 Å². The second-order valence-electron chi connectivity index (χ2n) is 7.03. The summed E-state index contributed by atoms with van der Waals surface area (Å²) in [4.78, 5) is 0. The zero-order valence-electron chi connectivity index (χ0n) is 13.4. The van der Waals surface area contributed by atoms with Gasteiger partial charge in [0.2, 0.25) is 0 Å². The third kappa shape index (κ3) is 2.60. The predicted molar refractivity (Wildman–Crippen MR) is 91.5 cm³/mol. The molecule has 2 nitrogen and oxygen atoms in total. The summed E-state index contributed by atoms with van der Waals surface area (Å²) in [7, 11) is 0. The van der Waals surface area contributed by atoms with Gasteiger partial charge in [-0.3, -0.25) is 0 Å². The molecule has 2 aliphatic carbocycles. The van der Waals surface area contributed by atoms with Crippen molar-refractivity contribution in [1.82, 2.24) is 0 Å². The van der Waals surface area contributed by atoms with Gasteiger partial charge in [0.25, 0.3) is 0 Å². The average Bonchev–Trinajstić information content (AvgIpc) is 2.75. The summed E-state index contributed by atoms with van der Waals surface area (Å²) in [5.41, 5.74) is 5.47. The average molecular weight is 308 g/mol. The minimum Gasteiger partial charge on any atom is -0.390 e. The molecule has 2 aromatic rings. The first-order chi connectivity index (χ1) is 11.3. The number of fused-ring (bicyclic) bond motifs is 2. The van der Waals surface area contributed by atoms with Crippen molar-refractivity contribution >= 4 is 0 Å². The Labute approximate surface area is 137 Å². The van der Waals surface area contributed by atoms with E-state index in [0.717, 1.165) is 25.7 Å². The van der Waals surface area contributed by atoms with Crippen molar-refractivity contribution in [3.05, 3.63) is 70.8 Å². The third-order valence-corrected chi connectivity index (χ3v) is 5.74. The van der Waals surface area contributed by atoms with Crippen LogP contribution in [0.2, 0.25) is 0 Å². The monoisotopic (exact) mass is 308 g/mol. The summed E-state index contributed by atoms with van der Waals surface area (Å²) in [6.07, 6.45) is 3.57. The van der Waals surface area contributed by atoms with Crippen LogP contribution in [0.3, 0.4) is 0 Å². The van der Waals surface area contributed by atoms with Crippen LogP contribution in [-0.2, 0) is 12.8 Å². The van der Waals surface area contributed by atoms with E-state index in [1.807, 2.05) is 0 Å². The highest BCUT2D eigenvalue weighted by Crippen LogP contribution is 2.44. The summed E-state index contributed by atoms with van der Waals surface area (Å²) in [5, 5.41) is 20.9. The Morgan fingerprint density at radius 1 is 0.739 bits per heavy atom. The smallest absolute Gasteiger partial charge is 0.0836 e. The summed E-state index contributed by atoms with van der Waals surface area (Å²) in [6.45, 7) is 0. The predicted octanol–water partition coefficient (Wildman–Crippen LogP) is 3.44. The Morgan fingerprint density at radius 2 is 1.30 bits per heavy atom. The minimum atomic E-state index is -0.632. The maximum Gasteiger partial charge on any atom is 0.0836 e. The number of rotatable bonds is 1. The summed E-state index contributed by atoms with van der Waals surface area (Å²) < 4.78 is 0. The lowest BCUT2D eigenvalue weighted by Crippen LogP contribution is -2.40. The van der Waals surface area contributed by atoms with Gasteiger partial charge in [0.15, 0.2) is 0 Å². The zero-order valence-corrected chi connectivity index (χ0v) is 13.4. The lowest BCUT2D eigenvalue weighted by atomic mass is 9.70. The zero-order chi connectivity index (χ0) is 15.8. The number of hydrogen-bond donors (Lipinski definition) is 2. The molecule has 4 rings (SSSR count). The molecule has 0 unspecified atom stereocenters. The van der Waals surface area contributed by atoms with Crippen molar-refractivity contribution in [2.24, 2.45) is 5.92 Å². The molecule has 0 bridgehead atoms. The van der Waals surface area contributed by atoms with Crippen LogP contribution in [0.25, 0.3) is 0 Å². The lowest BCUT2D eigenvalue weighted by molar-refractivity contribution is -0.0489. The van der Waals surface area contributed by atoms with Gasteiger partial charge in [0.05, 0.1) is 12.2 Å². The van der Waals surface area contributed by atoms with Crippen molar-refractivity contribution in [3.63, 3.8) is 0 Å². The minimum absolute atomic E-state index is 0.0964. The maximum atomic E-state index is 10.7. The van der Waals surface area contributed by atoms with Crippen molar-refractivity contribution in [2.75, 3.05) is 0 Å². The Hall–Kier alpha value is -1.64. The Kier molecular flexibility index (Phi) is 3.96. The molecule has 2 heteroatoms. The van der Waals surface area contributed by atoms with Crippen molar-refractivity contribution in [1.29, 1.82) is 0 Å². The Bertz CT molecular complexity index is 646. The second-order valence-corrected chi connectivity index (χ2v) is 7.03. The fourth-order valence-corrected chi connectivity index (χ4v) is 4.58. The molecular formula is C21H24O2. The second kappa shape index (κ2) is 6.10.